The van der Waals surface area contributed by atoms with Gasteiger partial charge in [-0.1, -0.05) is 6.07 Å². The van der Waals surface area contributed by atoms with Crippen LogP contribution >= 0.6 is 11.3 Å². The van der Waals surface area contributed by atoms with Crippen LogP contribution < -0.4 is 5.32 Å². The van der Waals surface area contributed by atoms with Crippen molar-refractivity contribution in [2.24, 2.45) is 0 Å². The third-order valence-corrected chi connectivity index (χ3v) is 5.51. The number of sulfonamides is 1. The molecule has 92 valence electrons. The van der Waals surface area contributed by atoms with E-state index in [1.807, 2.05) is 24.4 Å². The maximum Gasteiger partial charge on any atom is 0.215 e. The summed E-state index contributed by atoms with van der Waals surface area (Å²) in [5.74, 6) is 0.135. The molecule has 16 heavy (non-hydrogen) atoms. The summed E-state index contributed by atoms with van der Waals surface area (Å²) in [6.07, 6.45) is 0. The maximum absolute atomic E-state index is 11.9. The minimum Gasteiger partial charge on any atom is -0.319 e. The van der Waals surface area contributed by atoms with Gasteiger partial charge in [-0.05, 0) is 25.4 Å². The highest BCUT2D eigenvalue weighted by Gasteiger charge is 2.24. The van der Waals surface area contributed by atoms with E-state index in [2.05, 4.69) is 5.32 Å². The van der Waals surface area contributed by atoms with Crippen LogP contribution in [-0.4, -0.2) is 39.1 Å². The SMILES string of the molecule is CNCCS(=O)(=O)N(C)C(C)c1cccs1. The topological polar surface area (TPSA) is 49.4 Å². The summed E-state index contributed by atoms with van der Waals surface area (Å²) in [6.45, 7) is 2.38. The lowest BCUT2D eigenvalue weighted by atomic mass is 10.3. The predicted molar refractivity (Wildman–Crippen MR) is 68.2 cm³/mol. The van der Waals surface area contributed by atoms with Crippen molar-refractivity contribution in [3.8, 4) is 0 Å². The van der Waals surface area contributed by atoms with Crippen molar-refractivity contribution in [3.63, 3.8) is 0 Å². The molecule has 1 atom stereocenters. The van der Waals surface area contributed by atoms with Gasteiger partial charge in [0.1, 0.15) is 0 Å². The van der Waals surface area contributed by atoms with E-state index in [9.17, 15) is 8.42 Å². The molecule has 1 aromatic rings. The predicted octanol–water partition coefficient (Wildman–Crippen LogP) is 1.29. The van der Waals surface area contributed by atoms with Crippen LogP contribution in [0.2, 0.25) is 0 Å². The molecule has 0 fully saturated rings. The normalized spacial score (nSPS) is 14.2. The lowest BCUT2D eigenvalue weighted by molar-refractivity contribution is 0.402. The monoisotopic (exact) mass is 262 g/mol. The van der Waals surface area contributed by atoms with E-state index in [1.54, 1.807) is 25.4 Å². The van der Waals surface area contributed by atoms with E-state index in [4.69, 9.17) is 0 Å². The zero-order chi connectivity index (χ0) is 12.2. The fourth-order valence-corrected chi connectivity index (χ4v) is 3.56. The van der Waals surface area contributed by atoms with E-state index in [0.717, 1.165) is 4.88 Å². The molecule has 6 heteroatoms. The van der Waals surface area contributed by atoms with Gasteiger partial charge in [-0.25, -0.2) is 8.42 Å². The first-order valence-electron chi connectivity index (χ1n) is 5.12. The Labute approximate surface area is 101 Å². The minimum absolute atomic E-state index is 0.0955. The molecule has 1 heterocycles. The zero-order valence-corrected chi connectivity index (χ0v) is 11.4. The van der Waals surface area contributed by atoms with Crippen molar-refractivity contribution < 1.29 is 8.42 Å². The molecule has 1 N–H and O–H groups in total. The van der Waals surface area contributed by atoms with E-state index in [0.29, 0.717) is 6.54 Å². The van der Waals surface area contributed by atoms with Gasteiger partial charge in [-0.15, -0.1) is 11.3 Å². The van der Waals surface area contributed by atoms with Crippen molar-refractivity contribution in [3.05, 3.63) is 22.4 Å². The van der Waals surface area contributed by atoms with E-state index in [-0.39, 0.29) is 11.8 Å². The molecule has 1 aromatic heterocycles. The Kier molecular flexibility index (Phi) is 4.91. The molecule has 0 aliphatic rings. The first kappa shape index (κ1) is 13.6. The molecule has 0 aliphatic carbocycles. The van der Waals surface area contributed by atoms with Gasteiger partial charge in [0, 0.05) is 18.5 Å². The van der Waals surface area contributed by atoms with E-state index in [1.165, 1.54) is 4.31 Å². The van der Waals surface area contributed by atoms with Crippen LogP contribution in [0.15, 0.2) is 17.5 Å². The van der Waals surface area contributed by atoms with E-state index >= 15 is 0 Å². The molecule has 0 bridgehead atoms. The largest absolute Gasteiger partial charge is 0.319 e. The Bertz CT molecular complexity index is 400. The van der Waals surface area contributed by atoms with Crippen LogP contribution in [0.4, 0.5) is 0 Å². The Hall–Kier alpha value is -0.430. The average molecular weight is 262 g/mol. The number of thiophene rings is 1. The molecule has 4 nitrogen and oxygen atoms in total. The Balaban J connectivity index is 2.73. The molecule has 0 amide bonds. The highest BCUT2D eigenvalue weighted by Crippen LogP contribution is 2.25. The fourth-order valence-electron chi connectivity index (χ4n) is 1.32. The second-order valence-corrected chi connectivity index (χ2v) is 6.75. The molecule has 0 spiro atoms. The number of nitrogens with zero attached hydrogens (tertiary/aromatic N) is 1. The summed E-state index contributed by atoms with van der Waals surface area (Å²) < 4.78 is 25.3. The molecule has 0 radical (unpaired) electrons. The van der Waals surface area contributed by atoms with Gasteiger partial charge in [0.25, 0.3) is 0 Å². The summed E-state index contributed by atoms with van der Waals surface area (Å²) in [4.78, 5) is 1.07. The van der Waals surface area contributed by atoms with Gasteiger partial charge >= 0.3 is 0 Å². The summed E-state index contributed by atoms with van der Waals surface area (Å²) in [5, 5.41) is 4.81. The van der Waals surface area contributed by atoms with Crippen LogP contribution in [0.25, 0.3) is 0 Å². The molecule has 0 saturated heterocycles. The molecule has 1 rings (SSSR count). The number of rotatable bonds is 6. The van der Waals surface area contributed by atoms with Crippen LogP contribution in [0.1, 0.15) is 17.8 Å². The second-order valence-electron chi connectivity index (χ2n) is 3.63. The van der Waals surface area contributed by atoms with Crippen molar-refractivity contribution in [2.75, 3.05) is 26.4 Å². The quantitative estimate of drug-likeness (QED) is 0.840. The van der Waals surface area contributed by atoms with Crippen LogP contribution in [0.3, 0.4) is 0 Å². The fraction of sp³-hybridized carbons (Fsp3) is 0.600. The summed E-state index contributed by atoms with van der Waals surface area (Å²) >= 11 is 1.58. The van der Waals surface area contributed by atoms with Gasteiger partial charge in [0.05, 0.1) is 11.8 Å². The first-order chi connectivity index (χ1) is 7.49. The molecule has 1 unspecified atom stereocenters. The highest BCUT2D eigenvalue weighted by atomic mass is 32.2. The van der Waals surface area contributed by atoms with Crippen molar-refractivity contribution in [1.29, 1.82) is 0 Å². The third-order valence-electron chi connectivity index (χ3n) is 2.55. The zero-order valence-electron chi connectivity index (χ0n) is 9.80. The van der Waals surface area contributed by atoms with Crippen LogP contribution in [0, 0.1) is 0 Å². The molecular weight excluding hydrogens is 244 g/mol. The highest BCUT2D eigenvalue weighted by molar-refractivity contribution is 7.89. The van der Waals surface area contributed by atoms with Crippen molar-refractivity contribution >= 4 is 21.4 Å². The summed E-state index contributed by atoms with van der Waals surface area (Å²) in [6, 6.07) is 3.80. The maximum atomic E-state index is 11.9. The molecule has 0 aliphatic heterocycles. The standard InChI is InChI=1S/C10H18N2O2S2/c1-9(10-5-4-7-15-10)12(3)16(13,14)8-6-11-2/h4-5,7,9,11H,6,8H2,1-3H3. The van der Waals surface area contributed by atoms with Gasteiger partial charge in [0.15, 0.2) is 0 Å². The Morgan fingerprint density at radius 3 is 2.75 bits per heavy atom. The van der Waals surface area contributed by atoms with Gasteiger partial charge in [0.2, 0.25) is 10.0 Å². The molecule has 0 saturated carbocycles. The molecule has 0 aromatic carbocycles. The Morgan fingerprint density at radius 1 is 1.56 bits per heavy atom. The minimum atomic E-state index is -3.17. The third kappa shape index (κ3) is 3.28. The summed E-state index contributed by atoms with van der Waals surface area (Å²) in [7, 11) is 0.212. The van der Waals surface area contributed by atoms with Crippen molar-refractivity contribution in [1.82, 2.24) is 9.62 Å². The van der Waals surface area contributed by atoms with Gasteiger partial charge < -0.3 is 5.32 Å². The smallest absolute Gasteiger partial charge is 0.215 e. The molecular formula is C10H18N2O2S2. The number of nitrogens with one attached hydrogen (secondary N) is 1. The van der Waals surface area contributed by atoms with Crippen LogP contribution in [-0.2, 0) is 10.0 Å². The lowest BCUT2D eigenvalue weighted by Crippen LogP contribution is -2.34. The second kappa shape index (κ2) is 5.77. The number of hydrogen-bond donors (Lipinski definition) is 1. The van der Waals surface area contributed by atoms with E-state index < -0.39 is 10.0 Å². The van der Waals surface area contributed by atoms with Crippen LogP contribution in [0.5, 0.6) is 0 Å². The first-order valence-corrected chi connectivity index (χ1v) is 7.61. The van der Waals surface area contributed by atoms with Gasteiger partial charge in [-0.2, -0.15) is 4.31 Å². The van der Waals surface area contributed by atoms with Gasteiger partial charge in [-0.3, -0.25) is 0 Å². The van der Waals surface area contributed by atoms with Crippen molar-refractivity contribution in [2.45, 2.75) is 13.0 Å². The number of hydrogen-bond acceptors (Lipinski definition) is 4. The lowest BCUT2D eigenvalue weighted by Gasteiger charge is -2.23. The Morgan fingerprint density at radius 2 is 2.25 bits per heavy atom. The summed E-state index contributed by atoms with van der Waals surface area (Å²) in [5.41, 5.74) is 0. The average Bonchev–Trinajstić information content (AvgIpc) is 2.77.